The minimum Gasteiger partial charge on any atom is -0.385 e. The molecule has 1 saturated heterocycles. The third-order valence-electron chi connectivity index (χ3n) is 7.38. The van der Waals surface area contributed by atoms with Crippen LogP contribution >= 0.6 is 27.5 Å². The lowest BCUT2D eigenvalue weighted by molar-refractivity contribution is -0.904. The molecular weight excluding hydrogens is 556 g/mol. The zero-order chi connectivity index (χ0) is 25.9. The van der Waals surface area contributed by atoms with Crippen molar-refractivity contribution in [1.82, 2.24) is 14.8 Å². The fourth-order valence-corrected chi connectivity index (χ4v) is 6.14. The number of carbonyl (C=O) groups excluding carboxylic acids is 1. The first-order valence-corrected chi connectivity index (χ1v) is 13.7. The molecule has 0 spiro atoms. The largest absolute Gasteiger partial charge is 0.385 e. The van der Waals surface area contributed by atoms with E-state index in [2.05, 4.69) is 39.0 Å². The Morgan fingerprint density at radius 3 is 2.76 bits per heavy atom. The van der Waals surface area contributed by atoms with Crippen LogP contribution in [0, 0.1) is 0 Å². The number of aryl methyl sites for hydroxylation is 2. The molecule has 1 aliphatic carbocycles. The Balaban J connectivity index is 1.44. The highest BCUT2D eigenvalue weighted by atomic mass is 79.9. The Morgan fingerprint density at radius 1 is 1.19 bits per heavy atom. The van der Waals surface area contributed by atoms with Crippen molar-refractivity contribution in [2.45, 2.75) is 37.8 Å². The smallest absolute Gasteiger partial charge is 0.227 e. The van der Waals surface area contributed by atoms with E-state index < -0.39 is 0 Å². The molecule has 1 unspecified atom stereocenters. The zero-order valence-corrected chi connectivity index (χ0v) is 23.2. The molecule has 5 rings (SSSR count). The van der Waals surface area contributed by atoms with Gasteiger partial charge in [0.25, 0.3) is 0 Å². The molecule has 3 heterocycles. The third-order valence-corrected chi connectivity index (χ3v) is 8.05. The van der Waals surface area contributed by atoms with Crippen LogP contribution in [-0.2, 0) is 28.8 Å². The van der Waals surface area contributed by atoms with E-state index in [0.29, 0.717) is 19.6 Å². The van der Waals surface area contributed by atoms with Gasteiger partial charge in [0, 0.05) is 71.9 Å². The summed E-state index contributed by atoms with van der Waals surface area (Å²) in [6, 6.07) is 11.9. The van der Waals surface area contributed by atoms with Crippen molar-refractivity contribution in [1.29, 1.82) is 0 Å². The quantitative estimate of drug-likeness (QED) is 0.349. The summed E-state index contributed by atoms with van der Waals surface area (Å²) in [7, 11) is 1.70. The van der Waals surface area contributed by atoms with Gasteiger partial charge in [-0.15, -0.1) is 0 Å². The lowest BCUT2D eigenvalue weighted by Gasteiger charge is -2.45. The van der Waals surface area contributed by atoms with Crippen molar-refractivity contribution in [3.05, 3.63) is 92.4 Å². The summed E-state index contributed by atoms with van der Waals surface area (Å²) in [5.41, 5.74) is 5.69. The Hall–Kier alpha value is -2.52. The van der Waals surface area contributed by atoms with Crippen molar-refractivity contribution >= 4 is 33.4 Å². The molecule has 1 fully saturated rings. The van der Waals surface area contributed by atoms with Gasteiger partial charge in [-0.1, -0.05) is 17.7 Å². The highest BCUT2D eigenvalue weighted by Gasteiger charge is 2.37. The number of halogens is 2. The Bertz CT molecular complexity index is 1220. The van der Waals surface area contributed by atoms with E-state index in [-0.39, 0.29) is 18.0 Å². The van der Waals surface area contributed by atoms with Gasteiger partial charge >= 0.3 is 0 Å². The van der Waals surface area contributed by atoms with Crippen molar-refractivity contribution in [3.63, 3.8) is 0 Å². The first-order chi connectivity index (χ1) is 17.9. The number of piperazine rings is 1. The molecule has 1 amide bonds. The first kappa shape index (κ1) is 26.1. The normalized spacial score (nSPS) is 19.7. The molecule has 1 aromatic carbocycles. The van der Waals surface area contributed by atoms with Crippen LogP contribution in [0.1, 0.15) is 40.4 Å². The van der Waals surface area contributed by atoms with E-state index in [0.717, 1.165) is 57.8 Å². The lowest BCUT2D eigenvalue weighted by atomic mass is 9.94. The summed E-state index contributed by atoms with van der Waals surface area (Å²) >= 11 is 10.0. The van der Waals surface area contributed by atoms with Gasteiger partial charge in [-0.25, -0.2) is 0 Å². The molecule has 194 valence electrons. The highest BCUT2D eigenvalue weighted by molar-refractivity contribution is 9.10. The molecule has 0 radical (unpaired) electrons. The first-order valence-electron chi connectivity index (χ1n) is 12.6. The minimum atomic E-state index is -0.00529. The summed E-state index contributed by atoms with van der Waals surface area (Å²) in [4.78, 5) is 22.8. The van der Waals surface area contributed by atoms with Gasteiger partial charge in [0.1, 0.15) is 0 Å². The van der Waals surface area contributed by atoms with Gasteiger partial charge in [-0.05, 0) is 75.6 Å². The maximum atomic E-state index is 13.4. The van der Waals surface area contributed by atoms with Crippen LogP contribution in [0.2, 0.25) is 5.02 Å². The molecule has 37 heavy (non-hydrogen) atoms. The number of amides is 1. The van der Waals surface area contributed by atoms with Gasteiger partial charge in [0.15, 0.2) is 0 Å². The van der Waals surface area contributed by atoms with Crippen molar-refractivity contribution in [3.8, 4) is 0 Å². The fourth-order valence-electron chi connectivity index (χ4n) is 5.57. The zero-order valence-electron chi connectivity index (χ0n) is 20.8. The predicted molar refractivity (Wildman–Crippen MR) is 144 cm³/mol. The molecule has 2 aromatic heterocycles. The predicted octanol–water partition coefficient (Wildman–Crippen LogP) is 4.00. The minimum absolute atomic E-state index is 0.00529. The Kier molecular flexibility index (Phi) is 8.09. The van der Waals surface area contributed by atoms with Crippen LogP contribution < -0.4 is 4.73 Å². The molecule has 9 heteroatoms. The van der Waals surface area contributed by atoms with Gasteiger partial charge in [-0.3, -0.25) is 19.9 Å². The van der Waals surface area contributed by atoms with Gasteiger partial charge < -0.3 is 9.64 Å². The van der Waals surface area contributed by atoms with Crippen LogP contribution in [0.5, 0.6) is 0 Å². The number of aromatic nitrogens is 2. The molecule has 0 bridgehead atoms. The lowest BCUT2D eigenvalue weighted by Crippen LogP contribution is -2.56. The van der Waals surface area contributed by atoms with E-state index in [4.69, 9.17) is 21.3 Å². The summed E-state index contributed by atoms with van der Waals surface area (Å²) < 4.78 is 7.39. The Labute approximate surface area is 230 Å². The second-order valence-corrected chi connectivity index (χ2v) is 11.1. The number of methoxy groups -OCH3 is 1. The average molecular weight is 587 g/mol. The van der Waals surface area contributed by atoms with Crippen molar-refractivity contribution in [2.24, 2.45) is 0 Å². The van der Waals surface area contributed by atoms with Gasteiger partial charge in [0.2, 0.25) is 18.3 Å². The summed E-state index contributed by atoms with van der Waals surface area (Å²) in [5.74, 6) is 0.0898. The maximum absolute atomic E-state index is 13.4. The molecular formula is C28H31BrClN4O3+. The van der Waals surface area contributed by atoms with Crippen LogP contribution in [-0.4, -0.2) is 65.3 Å². The van der Waals surface area contributed by atoms with Crippen LogP contribution in [0.15, 0.2) is 59.5 Å². The molecule has 1 aliphatic heterocycles. The van der Waals surface area contributed by atoms with E-state index in [9.17, 15) is 10.0 Å². The molecule has 2 atom stereocenters. The summed E-state index contributed by atoms with van der Waals surface area (Å²) in [6.45, 7) is 2.68. The second kappa shape index (κ2) is 11.5. The molecule has 3 aromatic rings. The number of carbonyl (C=O) groups is 1. The topological polar surface area (TPSA) is 69.8 Å². The number of pyridine rings is 2. The molecule has 1 N–H and O–H groups in total. The standard InChI is InChI=1S/C28H31BrClN4O3/c1-37-13-8-24-18-32(11-12-34(24)26(35)14-19-6-9-33(36)10-7-19)28-25-5-4-23(30)16-20(25)2-3-21-15-22(29)17-31-27(21)28/h4-7,9-10,15-17,24,28,36H,2-3,8,11-14,18H2,1H3/q+1/t24-,28?/m0/s1. The molecule has 2 aliphatic rings. The number of hydrogen-bond acceptors (Lipinski definition) is 5. The number of benzene rings is 1. The van der Waals surface area contributed by atoms with Gasteiger partial charge in [0.05, 0.1) is 18.2 Å². The average Bonchev–Trinajstić information content (AvgIpc) is 3.04. The van der Waals surface area contributed by atoms with Crippen molar-refractivity contribution < 1.29 is 19.5 Å². The number of nitrogens with zero attached hydrogens (tertiary/aromatic N) is 4. The third kappa shape index (κ3) is 5.82. The van der Waals surface area contributed by atoms with Crippen molar-refractivity contribution in [2.75, 3.05) is 33.4 Å². The number of hydrogen-bond donors (Lipinski definition) is 1. The van der Waals surface area contributed by atoms with Crippen LogP contribution in [0.25, 0.3) is 0 Å². The summed E-state index contributed by atoms with van der Waals surface area (Å²) in [6.07, 6.45) is 7.84. The van der Waals surface area contributed by atoms with E-state index in [1.165, 1.54) is 16.7 Å². The van der Waals surface area contributed by atoms with E-state index in [1.54, 1.807) is 31.6 Å². The number of rotatable bonds is 6. The SMILES string of the molecule is COCC[C@H]1CN(C2c3ccc(Cl)cc3CCc3cc(Br)cnc32)CCN1C(=O)Cc1cc[n+](O)cc1. The highest BCUT2D eigenvalue weighted by Crippen LogP contribution is 2.38. The number of ether oxygens (including phenoxy) is 1. The number of fused-ring (bicyclic) bond motifs is 2. The van der Waals surface area contributed by atoms with Crippen LogP contribution in [0.4, 0.5) is 0 Å². The monoisotopic (exact) mass is 585 g/mol. The maximum Gasteiger partial charge on any atom is 0.227 e. The fraction of sp³-hybridized carbons (Fsp3) is 0.393. The second-order valence-electron chi connectivity index (χ2n) is 9.72. The van der Waals surface area contributed by atoms with E-state index in [1.807, 2.05) is 17.2 Å². The molecule has 0 saturated carbocycles. The van der Waals surface area contributed by atoms with Gasteiger partial charge in [-0.2, -0.15) is 0 Å². The van der Waals surface area contributed by atoms with E-state index >= 15 is 0 Å². The van der Waals surface area contributed by atoms with Crippen LogP contribution in [0.3, 0.4) is 0 Å². The summed E-state index contributed by atoms with van der Waals surface area (Å²) in [5, 5.41) is 10.3. The Morgan fingerprint density at radius 2 is 1.97 bits per heavy atom. The molecule has 7 nitrogen and oxygen atoms in total.